The second-order valence-corrected chi connectivity index (χ2v) is 7.99. The van der Waals surface area contributed by atoms with Gasteiger partial charge in [0.15, 0.2) is 11.5 Å². The molecule has 164 valence electrons. The van der Waals surface area contributed by atoms with Crippen molar-refractivity contribution in [2.45, 2.75) is 33.9 Å². The lowest BCUT2D eigenvalue weighted by molar-refractivity contribution is 0.101. The molecule has 0 saturated carbocycles. The summed E-state index contributed by atoms with van der Waals surface area (Å²) in [4.78, 5) is 12.8. The SMILES string of the molecule is Cc1cccc(C)c1OCc1c(C(=O)Nc2ccn(Cc3ccc(Cl)cc3)n2)noc1C. The van der Waals surface area contributed by atoms with E-state index in [0.717, 1.165) is 22.4 Å². The van der Waals surface area contributed by atoms with Gasteiger partial charge in [-0.15, -0.1) is 0 Å². The number of halogens is 1. The van der Waals surface area contributed by atoms with Crippen LogP contribution in [0.5, 0.6) is 5.75 Å². The number of anilines is 1. The van der Waals surface area contributed by atoms with E-state index in [1.165, 1.54) is 0 Å². The number of aryl methyl sites for hydroxylation is 3. The number of aromatic nitrogens is 3. The van der Waals surface area contributed by atoms with E-state index in [4.69, 9.17) is 20.9 Å². The first-order chi connectivity index (χ1) is 15.4. The van der Waals surface area contributed by atoms with Gasteiger partial charge in [-0.1, -0.05) is 47.1 Å². The fourth-order valence-electron chi connectivity index (χ4n) is 3.38. The molecule has 0 radical (unpaired) electrons. The van der Waals surface area contributed by atoms with Crippen molar-refractivity contribution in [3.63, 3.8) is 0 Å². The van der Waals surface area contributed by atoms with Crippen LogP contribution in [0.2, 0.25) is 5.02 Å². The van der Waals surface area contributed by atoms with Crippen molar-refractivity contribution in [3.05, 3.63) is 93.5 Å². The summed E-state index contributed by atoms with van der Waals surface area (Å²) in [7, 11) is 0. The molecule has 0 aliphatic rings. The van der Waals surface area contributed by atoms with Crippen LogP contribution >= 0.6 is 11.6 Å². The maximum atomic E-state index is 12.8. The molecule has 0 bridgehead atoms. The lowest BCUT2D eigenvalue weighted by Gasteiger charge is -2.12. The number of rotatable bonds is 7. The summed E-state index contributed by atoms with van der Waals surface area (Å²) < 4.78 is 13.0. The average Bonchev–Trinajstić information content (AvgIpc) is 3.35. The highest BCUT2D eigenvalue weighted by molar-refractivity contribution is 6.30. The smallest absolute Gasteiger partial charge is 0.279 e. The minimum absolute atomic E-state index is 0.175. The average molecular weight is 451 g/mol. The van der Waals surface area contributed by atoms with E-state index in [1.807, 2.05) is 56.3 Å². The Labute approximate surface area is 190 Å². The van der Waals surface area contributed by atoms with Gasteiger partial charge in [-0.3, -0.25) is 9.48 Å². The predicted octanol–water partition coefficient (Wildman–Crippen LogP) is 5.33. The van der Waals surface area contributed by atoms with Crippen LogP contribution in [0, 0.1) is 20.8 Å². The van der Waals surface area contributed by atoms with Gasteiger partial charge in [-0.2, -0.15) is 5.10 Å². The Morgan fingerprint density at radius 1 is 1.09 bits per heavy atom. The monoisotopic (exact) mass is 450 g/mol. The number of carbonyl (C=O) groups excluding carboxylic acids is 1. The minimum Gasteiger partial charge on any atom is -0.488 e. The van der Waals surface area contributed by atoms with Crippen LogP contribution in [-0.4, -0.2) is 20.8 Å². The molecule has 1 N–H and O–H groups in total. The molecule has 2 aromatic heterocycles. The zero-order valence-electron chi connectivity index (χ0n) is 18.1. The Kier molecular flexibility index (Phi) is 6.28. The second-order valence-electron chi connectivity index (χ2n) is 7.55. The maximum absolute atomic E-state index is 12.8. The number of hydrogen-bond donors (Lipinski definition) is 1. The van der Waals surface area contributed by atoms with E-state index in [2.05, 4.69) is 15.6 Å². The molecule has 0 saturated heterocycles. The van der Waals surface area contributed by atoms with Gasteiger partial charge in [0, 0.05) is 17.3 Å². The lowest BCUT2D eigenvalue weighted by Crippen LogP contribution is -2.16. The first-order valence-electron chi connectivity index (χ1n) is 10.1. The molecule has 2 heterocycles. The Bertz CT molecular complexity index is 1220. The Morgan fingerprint density at radius 2 is 1.81 bits per heavy atom. The zero-order valence-corrected chi connectivity index (χ0v) is 18.8. The van der Waals surface area contributed by atoms with Crippen molar-refractivity contribution in [3.8, 4) is 5.75 Å². The van der Waals surface area contributed by atoms with E-state index >= 15 is 0 Å². The quantitative estimate of drug-likeness (QED) is 0.411. The molecular weight excluding hydrogens is 428 g/mol. The fraction of sp³-hybridized carbons (Fsp3) is 0.208. The van der Waals surface area contributed by atoms with E-state index in [-0.39, 0.29) is 12.3 Å². The minimum atomic E-state index is -0.404. The molecule has 0 unspecified atom stereocenters. The van der Waals surface area contributed by atoms with E-state index in [1.54, 1.807) is 23.9 Å². The maximum Gasteiger partial charge on any atom is 0.279 e. The molecule has 32 heavy (non-hydrogen) atoms. The van der Waals surface area contributed by atoms with Crippen LogP contribution in [0.1, 0.15) is 38.5 Å². The van der Waals surface area contributed by atoms with Gasteiger partial charge < -0.3 is 14.6 Å². The van der Waals surface area contributed by atoms with Gasteiger partial charge in [-0.25, -0.2) is 0 Å². The molecule has 7 nitrogen and oxygen atoms in total. The van der Waals surface area contributed by atoms with Gasteiger partial charge in [0.25, 0.3) is 5.91 Å². The molecule has 0 fully saturated rings. The number of para-hydroxylation sites is 1. The van der Waals surface area contributed by atoms with Crippen molar-refractivity contribution in [1.82, 2.24) is 14.9 Å². The number of hydrogen-bond acceptors (Lipinski definition) is 5. The van der Waals surface area contributed by atoms with Crippen molar-refractivity contribution < 1.29 is 14.1 Å². The Balaban J connectivity index is 1.44. The van der Waals surface area contributed by atoms with Crippen molar-refractivity contribution >= 4 is 23.3 Å². The lowest BCUT2D eigenvalue weighted by atomic mass is 10.1. The largest absolute Gasteiger partial charge is 0.488 e. The van der Waals surface area contributed by atoms with Crippen LogP contribution < -0.4 is 10.1 Å². The summed E-state index contributed by atoms with van der Waals surface area (Å²) in [6.07, 6.45) is 1.79. The van der Waals surface area contributed by atoms with E-state index in [0.29, 0.717) is 28.7 Å². The summed E-state index contributed by atoms with van der Waals surface area (Å²) in [5, 5.41) is 11.8. The van der Waals surface area contributed by atoms with Gasteiger partial charge >= 0.3 is 0 Å². The van der Waals surface area contributed by atoms with Gasteiger partial charge in [-0.05, 0) is 49.6 Å². The number of carbonyl (C=O) groups is 1. The summed E-state index contributed by atoms with van der Waals surface area (Å²) in [6.45, 7) is 6.46. The second kappa shape index (κ2) is 9.28. The first-order valence-corrected chi connectivity index (χ1v) is 10.5. The normalized spacial score (nSPS) is 10.9. The van der Waals surface area contributed by atoms with Crippen LogP contribution in [0.3, 0.4) is 0 Å². The topological polar surface area (TPSA) is 82.2 Å². The van der Waals surface area contributed by atoms with Crippen molar-refractivity contribution in [2.75, 3.05) is 5.32 Å². The van der Waals surface area contributed by atoms with Gasteiger partial charge in [0.05, 0.1) is 12.1 Å². The third-order valence-electron chi connectivity index (χ3n) is 5.11. The zero-order chi connectivity index (χ0) is 22.7. The Hall–Kier alpha value is -3.58. The predicted molar refractivity (Wildman–Crippen MR) is 122 cm³/mol. The number of benzene rings is 2. The summed E-state index contributed by atoms with van der Waals surface area (Å²) in [5.41, 5.74) is 3.88. The van der Waals surface area contributed by atoms with Crippen LogP contribution in [0.4, 0.5) is 5.82 Å². The molecular formula is C24H23ClN4O3. The molecule has 1 amide bonds. The fourth-order valence-corrected chi connectivity index (χ4v) is 3.51. The standard InChI is InChI=1S/C24H23ClN4O3/c1-15-5-4-6-16(2)23(15)31-14-20-17(3)32-28-22(20)24(30)26-21-11-12-29(27-21)13-18-7-9-19(25)10-8-18/h4-12H,13-14H2,1-3H3,(H,26,27,30). The van der Waals surface area contributed by atoms with Crippen molar-refractivity contribution in [2.24, 2.45) is 0 Å². The Morgan fingerprint density at radius 3 is 2.53 bits per heavy atom. The molecule has 2 aromatic carbocycles. The molecule has 0 spiro atoms. The van der Waals surface area contributed by atoms with Crippen LogP contribution in [-0.2, 0) is 13.2 Å². The van der Waals surface area contributed by atoms with E-state index < -0.39 is 5.91 Å². The molecule has 0 atom stereocenters. The summed E-state index contributed by atoms with van der Waals surface area (Å²) in [6, 6.07) is 15.2. The number of nitrogens with one attached hydrogen (secondary N) is 1. The molecule has 4 rings (SSSR count). The highest BCUT2D eigenvalue weighted by atomic mass is 35.5. The number of nitrogens with zero attached hydrogens (tertiary/aromatic N) is 3. The van der Waals surface area contributed by atoms with Crippen LogP contribution in [0.15, 0.2) is 59.3 Å². The molecule has 4 aromatic rings. The van der Waals surface area contributed by atoms with Gasteiger partial charge in [0.1, 0.15) is 18.1 Å². The molecule has 0 aliphatic carbocycles. The highest BCUT2D eigenvalue weighted by Gasteiger charge is 2.21. The third kappa shape index (κ3) is 4.84. The molecule has 8 heteroatoms. The summed E-state index contributed by atoms with van der Waals surface area (Å²) >= 11 is 5.93. The number of ether oxygens (including phenoxy) is 1. The van der Waals surface area contributed by atoms with Gasteiger partial charge in [0.2, 0.25) is 0 Å². The highest BCUT2D eigenvalue weighted by Crippen LogP contribution is 2.25. The van der Waals surface area contributed by atoms with Crippen LogP contribution in [0.25, 0.3) is 0 Å². The van der Waals surface area contributed by atoms with Crippen molar-refractivity contribution in [1.29, 1.82) is 0 Å². The third-order valence-corrected chi connectivity index (χ3v) is 5.36. The summed E-state index contributed by atoms with van der Waals surface area (Å²) in [5.74, 6) is 1.35. The first kappa shape index (κ1) is 21.6. The van der Waals surface area contributed by atoms with E-state index in [9.17, 15) is 4.79 Å². The molecule has 0 aliphatic heterocycles. The number of amides is 1.